The van der Waals surface area contributed by atoms with E-state index in [9.17, 15) is 34.8 Å². The van der Waals surface area contributed by atoms with Crippen molar-refractivity contribution in [3.05, 3.63) is 65.9 Å². The summed E-state index contributed by atoms with van der Waals surface area (Å²) in [6.45, 7) is -0.480. The number of sulfonamides is 1. The van der Waals surface area contributed by atoms with E-state index in [4.69, 9.17) is 0 Å². The van der Waals surface area contributed by atoms with Gasteiger partial charge in [0.1, 0.15) is 17.3 Å². The van der Waals surface area contributed by atoms with Gasteiger partial charge in [0.05, 0.1) is 22.8 Å². The molecular formula is C22H15F6N7O3S. The lowest BCUT2D eigenvalue weighted by atomic mass is 10.1. The lowest BCUT2D eigenvalue weighted by Gasteiger charge is -2.26. The van der Waals surface area contributed by atoms with Crippen LogP contribution in [0.4, 0.5) is 43.5 Å². The molecule has 2 aromatic carbocycles. The van der Waals surface area contributed by atoms with Crippen molar-refractivity contribution in [3.8, 4) is 17.1 Å². The number of fused-ring (bicyclic) bond motifs is 2. The number of halogens is 6. The van der Waals surface area contributed by atoms with E-state index in [1.54, 1.807) is 0 Å². The smallest absolute Gasteiger partial charge is 0.406 e. The van der Waals surface area contributed by atoms with Crippen molar-refractivity contribution >= 4 is 27.2 Å². The van der Waals surface area contributed by atoms with Gasteiger partial charge in [-0.25, -0.2) is 18.1 Å². The number of hydrogen-bond acceptors (Lipinski definition) is 8. The fourth-order valence-corrected chi connectivity index (χ4v) is 5.42. The van der Waals surface area contributed by atoms with Crippen molar-refractivity contribution < 1.29 is 39.5 Å². The molecule has 0 fully saturated rings. The SMILES string of the molecule is Cn1nnnc1-c1cccc2c1N(S(=O)(=O)c1ccc(OC(F)(F)F)cc1)Cc1ccc(C(F)(F)F)nc1N2. The highest BCUT2D eigenvalue weighted by Gasteiger charge is 2.37. The summed E-state index contributed by atoms with van der Waals surface area (Å²) in [4.78, 5) is 3.26. The van der Waals surface area contributed by atoms with Gasteiger partial charge in [-0.2, -0.15) is 13.2 Å². The second-order valence-corrected chi connectivity index (χ2v) is 10.0. The molecule has 1 N–H and O–H groups in total. The Labute approximate surface area is 215 Å². The van der Waals surface area contributed by atoms with E-state index < -0.39 is 45.4 Å². The number of para-hydroxylation sites is 1. The number of rotatable bonds is 4. The minimum absolute atomic E-state index is 0.0161. The topological polar surface area (TPSA) is 115 Å². The quantitative estimate of drug-likeness (QED) is 0.353. The highest BCUT2D eigenvalue weighted by atomic mass is 32.2. The number of ether oxygens (including phenoxy) is 1. The summed E-state index contributed by atoms with van der Waals surface area (Å²) in [6, 6.07) is 9.79. The molecule has 5 rings (SSSR count). The van der Waals surface area contributed by atoms with Crippen molar-refractivity contribution in [1.82, 2.24) is 25.2 Å². The molecule has 0 amide bonds. The number of tetrazole rings is 1. The number of hydrogen-bond donors (Lipinski definition) is 1. The second kappa shape index (κ2) is 9.11. The minimum atomic E-state index is -4.99. The van der Waals surface area contributed by atoms with Crippen molar-refractivity contribution in [3.63, 3.8) is 0 Å². The zero-order valence-corrected chi connectivity index (χ0v) is 20.3. The van der Waals surface area contributed by atoms with Gasteiger partial charge in [-0.15, -0.1) is 18.3 Å². The minimum Gasteiger partial charge on any atom is -0.406 e. The van der Waals surface area contributed by atoms with Crippen LogP contribution in [0.25, 0.3) is 11.4 Å². The van der Waals surface area contributed by atoms with E-state index in [-0.39, 0.29) is 34.1 Å². The summed E-state index contributed by atoms with van der Waals surface area (Å²) in [6.07, 6.45) is -9.75. The molecule has 0 unspecified atom stereocenters. The summed E-state index contributed by atoms with van der Waals surface area (Å²) in [5, 5.41) is 14.0. The molecule has 4 aromatic rings. The Morgan fingerprint density at radius 3 is 2.31 bits per heavy atom. The number of alkyl halides is 6. The van der Waals surface area contributed by atoms with Crippen molar-refractivity contribution in [2.24, 2.45) is 7.05 Å². The first kappa shape index (κ1) is 26.2. The molecule has 0 atom stereocenters. The lowest BCUT2D eigenvalue weighted by molar-refractivity contribution is -0.274. The van der Waals surface area contributed by atoms with Crippen LogP contribution in [0.1, 0.15) is 11.3 Å². The summed E-state index contributed by atoms with van der Waals surface area (Å²) in [7, 11) is -3.04. The van der Waals surface area contributed by atoms with Gasteiger partial charge in [0.2, 0.25) is 0 Å². The van der Waals surface area contributed by atoms with Gasteiger partial charge in [0, 0.05) is 18.2 Å². The van der Waals surface area contributed by atoms with Gasteiger partial charge in [-0.1, -0.05) is 12.1 Å². The third-order valence-electron chi connectivity index (χ3n) is 5.63. The molecular weight excluding hydrogens is 556 g/mol. The van der Waals surface area contributed by atoms with Crippen LogP contribution in [0.3, 0.4) is 0 Å². The summed E-state index contributed by atoms with van der Waals surface area (Å²) >= 11 is 0. The van der Waals surface area contributed by atoms with Crippen LogP contribution in [0.5, 0.6) is 5.75 Å². The normalized spacial score (nSPS) is 13.8. The molecule has 39 heavy (non-hydrogen) atoms. The van der Waals surface area contributed by atoms with Crippen LogP contribution >= 0.6 is 0 Å². The Morgan fingerprint density at radius 1 is 0.974 bits per heavy atom. The molecule has 1 aliphatic heterocycles. The Morgan fingerprint density at radius 2 is 1.69 bits per heavy atom. The largest absolute Gasteiger partial charge is 0.573 e. The van der Waals surface area contributed by atoms with Crippen LogP contribution in [-0.2, 0) is 29.8 Å². The van der Waals surface area contributed by atoms with E-state index in [2.05, 4.69) is 30.6 Å². The number of pyridine rings is 1. The van der Waals surface area contributed by atoms with Crippen LogP contribution in [-0.4, -0.2) is 40.0 Å². The average Bonchev–Trinajstić information content (AvgIpc) is 3.19. The van der Waals surface area contributed by atoms with Crippen LogP contribution in [0.15, 0.2) is 59.5 Å². The number of nitrogens with one attached hydrogen (secondary N) is 1. The fourth-order valence-electron chi connectivity index (χ4n) is 3.94. The lowest BCUT2D eigenvalue weighted by Crippen LogP contribution is -2.31. The van der Waals surface area contributed by atoms with Gasteiger partial charge in [0.15, 0.2) is 5.82 Å². The van der Waals surface area contributed by atoms with E-state index in [0.717, 1.165) is 40.7 Å². The third-order valence-corrected chi connectivity index (χ3v) is 7.39. The first-order valence-corrected chi connectivity index (χ1v) is 12.3. The molecule has 0 radical (unpaired) electrons. The van der Waals surface area contributed by atoms with E-state index in [0.29, 0.717) is 0 Å². The molecule has 1 aliphatic rings. The van der Waals surface area contributed by atoms with Gasteiger partial charge in [-0.05, 0) is 52.9 Å². The predicted molar refractivity (Wildman–Crippen MR) is 123 cm³/mol. The maximum atomic E-state index is 13.9. The zero-order chi connectivity index (χ0) is 28.2. The standard InChI is InChI=1S/C22H15F6N7O3S/c1-34-20(31-32-33-34)15-3-2-4-16-18(15)35(11-12-5-10-17(21(23,24)25)30-19(12)29-16)39(36,37)14-8-6-13(7-9-14)38-22(26,27)28/h2-10H,11H2,1H3,(H,29,30). The van der Waals surface area contributed by atoms with Crippen LogP contribution in [0.2, 0.25) is 0 Å². The van der Waals surface area contributed by atoms with Gasteiger partial charge < -0.3 is 10.1 Å². The summed E-state index contributed by atoms with van der Waals surface area (Å²) in [5.74, 6) is -0.733. The molecule has 0 saturated carbocycles. The molecule has 10 nitrogen and oxygen atoms in total. The van der Waals surface area contributed by atoms with Crippen LogP contribution < -0.4 is 14.4 Å². The number of benzene rings is 2. The molecule has 0 aliphatic carbocycles. The van der Waals surface area contributed by atoms with E-state index >= 15 is 0 Å². The summed E-state index contributed by atoms with van der Waals surface area (Å²) in [5.41, 5.74) is -0.835. The second-order valence-electron chi connectivity index (χ2n) is 8.19. The first-order chi connectivity index (χ1) is 18.2. The van der Waals surface area contributed by atoms with E-state index in [1.165, 1.54) is 29.9 Å². The summed E-state index contributed by atoms with van der Waals surface area (Å²) < 4.78 is 112. The molecule has 2 aromatic heterocycles. The Bertz CT molecular complexity index is 1650. The van der Waals surface area contributed by atoms with Gasteiger partial charge >= 0.3 is 12.5 Å². The predicted octanol–water partition coefficient (Wildman–Crippen LogP) is 4.64. The van der Waals surface area contributed by atoms with Gasteiger partial charge in [0.25, 0.3) is 10.0 Å². The maximum Gasteiger partial charge on any atom is 0.573 e. The number of anilines is 3. The Kier molecular flexibility index (Phi) is 6.12. The zero-order valence-electron chi connectivity index (χ0n) is 19.5. The Hall–Kier alpha value is -4.41. The van der Waals surface area contributed by atoms with E-state index in [1.807, 2.05) is 0 Å². The molecule has 0 bridgehead atoms. The highest BCUT2D eigenvalue weighted by Crippen LogP contribution is 2.44. The highest BCUT2D eigenvalue weighted by molar-refractivity contribution is 7.92. The molecule has 0 spiro atoms. The molecule has 0 saturated heterocycles. The Balaban J connectivity index is 1.69. The van der Waals surface area contributed by atoms with Crippen molar-refractivity contribution in [2.75, 3.05) is 9.62 Å². The fraction of sp³-hybridized carbons (Fsp3) is 0.182. The monoisotopic (exact) mass is 571 g/mol. The number of nitrogens with zero attached hydrogens (tertiary/aromatic N) is 6. The van der Waals surface area contributed by atoms with Crippen molar-refractivity contribution in [1.29, 1.82) is 0 Å². The maximum absolute atomic E-state index is 13.9. The number of aryl methyl sites for hydroxylation is 1. The first-order valence-electron chi connectivity index (χ1n) is 10.8. The van der Waals surface area contributed by atoms with Crippen molar-refractivity contribution in [2.45, 2.75) is 24.0 Å². The number of aromatic nitrogens is 5. The molecule has 204 valence electrons. The molecule has 3 heterocycles. The average molecular weight is 571 g/mol. The van der Waals surface area contributed by atoms with Gasteiger partial charge in [-0.3, -0.25) is 4.31 Å². The molecule has 17 heteroatoms. The van der Waals surface area contributed by atoms with Crippen LogP contribution in [0, 0.1) is 0 Å². The third kappa shape index (κ3) is 5.04.